The van der Waals surface area contributed by atoms with E-state index in [0.717, 1.165) is 5.52 Å². The molecular formula is C21H25N3O. The van der Waals surface area contributed by atoms with E-state index in [9.17, 15) is 4.79 Å². The number of rotatable bonds is 4. The molecule has 25 heavy (non-hydrogen) atoms. The third-order valence-corrected chi connectivity index (χ3v) is 4.15. The van der Waals surface area contributed by atoms with E-state index in [2.05, 4.69) is 39.9 Å². The highest BCUT2D eigenvalue weighted by molar-refractivity contribution is 5.84. The van der Waals surface area contributed by atoms with Crippen molar-refractivity contribution in [1.29, 1.82) is 0 Å². The maximum atomic E-state index is 12.2. The molecule has 0 fully saturated rings. The number of para-hydroxylation sites is 1. The van der Waals surface area contributed by atoms with Crippen LogP contribution in [-0.4, -0.2) is 23.1 Å². The van der Waals surface area contributed by atoms with E-state index >= 15 is 0 Å². The number of carbonyl (C=O) groups is 1. The number of hydrogen-bond acceptors (Lipinski definition) is 1. The van der Waals surface area contributed by atoms with Gasteiger partial charge in [0.05, 0.1) is 0 Å². The van der Waals surface area contributed by atoms with Crippen molar-refractivity contribution < 1.29 is 4.79 Å². The molecule has 130 valence electrons. The topological polar surface area (TPSA) is 56.9 Å². The number of carbonyl (C=O) groups excluding carboxylic acids is 1. The normalized spacial score (nSPS) is 12.8. The number of urea groups is 1. The number of aromatic nitrogens is 1. The fourth-order valence-electron chi connectivity index (χ4n) is 3.05. The van der Waals surface area contributed by atoms with Crippen LogP contribution in [0.25, 0.3) is 10.9 Å². The van der Waals surface area contributed by atoms with Crippen LogP contribution in [-0.2, 0) is 0 Å². The summed E-state index contributed by atoms with van der Waals surface area (Å²) in [6.45, 7) is 6.45. The first kappa shape index (κ1) is 17.1. The molecule has 0 saturated heterocycles. The molecule has 4 nitrogen and oxygen atoms in total. The van der Waals surface area contributed by atoms with Gasteiger partial charge >= 0.3 is 6.03 Å². The van der Waals surface area contributed by atoms with E-state index in [4.69, 9.17) is 0 Å². The average Bonchev–Trinajstić information content (AvgIpc) is 2.99. The zero-order valence-corrected chi connectivity index (χ0v) is 15.0. The minimum absolute atomic E-state index is 0.0862. The molecule has 1 atom stereocenters. The SMILES string of the molecule is CC(C)(C)NC(=O)NCC(c1ccccc1)c1c[nH]c2ccccc12. The van der Waals surface area contributed by atoms with E-state index in [-0.39, 0.29) is 17.5 Å². The predicted molar refractivity (Wildman–Crippen MR) is 103 cm³/mol. The molecule has 4 heteroatoms. The standard InChI is InChI=1S/C21H25N3O/c1-21(2,3)24-20(25)23-13-17(15-9-5-4-6-10-15)18-14-22-19-12-8-7-11-16(18)19/h4-12,14,17,22H,13H2,1-3H3,(H2,23,24,25). The minimum Gasteiger partial charge on any atom is -0.361 e. The van der Waals surface area contributed by atoms with Gasteiger partial charge in [0, 0.05) is 35.1 Å². The number of hydrogen-bond donors (Lipinski definition) is 3. The fraction of sp³-hybridized carbons (Fsp3) is 0.286. The van der Waals surface area contributed by atoms with Crippen molar-refractivity contribution in [2.24, 2.45) is 0 Å². The smallest absolute Gasteiger partial charge is 0.315 e. The number of H-pyrrole nitrogens is 1. The van der Waals surface area contributed by atoms with Gasteiger partial charge in [-0.15, -0.1) is 0 Å². The van der Waals surface area contributed by atoms with E-state index < -0.39 is 0 Å². The molecule has 0 bridgehead atoms. The summed E-state index contributed by atoms with van der Waals surface area (Å²) in [5, 5.41) is 7.17. The summed E-state index contributed by atoms with van der Waals surface area (Å²) in [7, 11) is 0. The van der Waals surface area contributed by atoms with Crippen LogP contribution >= 0.6 is 0 Å². The summed E-state index contributed by atoms with van der Waals surface area (Å²) < 4.78 is 0. The monoisotopic (exact) mass is 335 g/mol. The number of amides is 2. The van der Waals surface area contributed by atoms with Crippen molar-refractivity contribution in [3.8, 4) is 0 Å². The lowest BCUT2D eigenvalue weighted by molar-refractivity contribution is 0.231. The lowest BCUT2D eigenvalue weighted by Crippen LogP contribution is -2.47. The second-order valence-electron chi connectivity index (χ2n) is 7.34. The summed E-state index contributed by atoms with van der Waals surface area (Å²) in [6, 6.07) is 18.4. The minimum atomic E-state index is -0.257. The maximum absolute atomic E-state index is 12.2. The van der Waals surface area contributed by atoms with Gasteiger partial charge in [-0.2, -0.15) is 0 Å². The maximum Gasteiger partial charge on any atom is 0.315 e. The van der Waals surface area contributed by atoms with Gasteiger partial charge < -0.3 is 15.6 Å². The summed E-state index contributed by atoms with van der Waals surface area (Å²) >= 11 is 0. The summed E-state index contributed by atoms with van der Waals surface area (Å²) in [6.07, 6.45) is 2.05. The Hall–Kier alpha value is -2.75. The number of aromatic amines is 1. The van der Waals surface area contributed by atoms with Gasteiger partial charge in [0.2, 0.25) is 0 Å². The lowest BCUT2D eigenvalue weighted by atomic mass is 9.91. The van der Waals surface area contributed by atoms with E-state index in [1.54, 1.807) is 0 Å². The summed E-state index contributed by atoms with van der Waals surface area (Å²) in [4.78, 5) is 15.5. The van der Waals surface area contributed by atoms with Gasteiger partial charge in [0.15, 0.2) is 0 Å². The second kappa shape index (κ2) is 7.01. The van der Waals surface area contributed by atoms with Gasteiger partial charge in [-0.3, -0.25) is 0 Å². The molecule has 1 unspecified atom stereocenters. The van der Waals surface area contributed by atoms with Crippen molar-refractivity contribution >= 4 is 16.9 Å². The molecule has 0 spiro atoms. The molecular weight excluding hydrogens is 310 g/mol. The Morgan fingerprint density at radius 2 is 1.72 bits per heavy atom. The van der Waals surface area contributed by atoms with Gasteiger partial charge in [-0.25, -0.2) is 4.79 Å². The van der Waals surface area contributed by atoms with Crippen LogP contribution in [0.4, 0.5) is 4.79 Å². The zero-order valence-electron chi connectivity index (χ0n) is 15.0. The first-order chi connectivity index (χ1) is 11.9. The Balaban J connectivity index is 1.88. The molecule has 1 aromatic heterocycles. The zero-order chi connectivity index (χ0) is 17.9. The van der Waals surface area contributed by atoms with Crippen molar-refractivity contribution in [2.75, 3.05) is 6.54 Å². The van der Waals surface area contributed by atoms with Crippen molar-refractivity contribution in [3.05, 3.63) is 71.9 Å². The molecule has 2 amide bonds. The molecule has 0 aliphatic rings. The Morgan fingerprint density at radius 1 is 1.04 bits per heavy atom. The molecule has 3 rings (SSSR count). The molecule has 2 aromatic carbocycles. The van der Waals surface area contributed by atoms with Crippen LogP contribution in [0.2, 0.25) is 0 Å². The number of fused-ring (bicyclic) bond motifs is 1. The highest BCUT2D eigenvalue weighted by Crippen LogP contribution is 2.30. The summed E-state index contributed by atoms with van der Waals surface area (Å²) in [5.74, 6) is 0.0862. The highest BCUT2D eigenvalue weighted by atomic mass is 16.2. The van der Waals surface area contributed by atoms with Crippen LogP contribution in [0, 0.1) is 0 Å². The third kappa shape index (κ3) is 4.21. The molecule has 3 aromatic rings. The molecule has 0 aliphatic carbocycles. The lowest BCUT2D eigenvalue weighted by Gasteiger charge is -2.23. The van der Waals surface area contributed by atoms with Gasteiger partial charge in [-0.05, 0) is 38.0 Å². The molecule has 1 heterocycles. The third-order valence-electron chi connectivity index (χ3n) is 4.15. The molecule has 0 radical (unpaired) electrons. The Kier molecular flexibility index (Phi) is 4.79. The molecule has 3 N–H and O–H groups in total. The van der Waals surface area contributed by atoms with Crippen LogP contribution in [0.3, 0.4) is 0 Å². The Labute approximate surface area is 148 Å². The quantitative estimate of drug-likeness (QED) is 0.650. The van der Waals surface area contributed by atoms with Gasteiger partial charge in [0.1, 0.15) is 0 Å². The van der Waals surface area contributed by atoms with Crippen LogP contribution < -0.4 is 10.6 Å². The number of nitrogens with one attached hydrogen (secondary N) is 3. The average molecular weight is 335 g/mol. The predicted octanol–water partition coefficient (Wildman–Crippen LogP) is 4.40. The number of benzene rings is 2. The second-order valence-corrected chi connectivity index (χ2v) is 7.34. The first-order valence-electron chi connectivity index (χ1n) is 8.61. The highest BCUT2D eigenvalue weighted by Gasteiger charge is 2.20. The van der Waals surface area contributed by atoms with Crippen molar-refractivity contribution in [2.45, 2.75) is 32.2 Å². The Morgan fingerprint density at radius 3 is 2.44 bits per heavy atom. The van der Waals surface area contributed by atoms with E-state index in [0.29, 0.717) is 6.54 Å². The first-order valence-corrected chi connectivity index (χ1v) is 8.61. The molecule has 0 aliphatic heterocycles. The van der Waals surface area contributed by atoms with Crippen molar-refractivity contribution in [1.82, 2.24) is 15.6 Å². The largest absolute Gasteiger partial charge is 0.361 e. The van der Waals surface area contributed by atoms with E-state index in [1.807, 2.05) is 57.3 Å². The Bertz CT molecular complexity index is 846. The van der Waals surface area contributed by atoms with E-state index in [1.165, 1.54) is 16.5 Å². The van der Waals surface area contributed by atoms with Crippen LogP contribution in [0.15, 0.2) is 60.8 Å². The van der Waals surface area contributed by atoms with Crippen LogP contribution in [0.1, 0.15) is 37.8 Å². The van der Waals surface area contributed by atoms with Gasteiger partial charge in [-0.1, -0.05) is 48.5 Å². The molecule has 0 saturated carbocycles. The van der Waals surface area contributed by atoms with Crippen molar-refractivity contribution in [3.63, 3.8) is 0 Å². The summed E-state index contributed by atoms with van der Waals surface area (Å²) in [5.41, 5.74) is 3.23. The fourth-order valence-corrected chi connectivity index (χ4v) is 3.05. The van der Waals surface area contributed by atoms with Gasteiger partial charge in [0.25, 0.3) is 0 Å². The van der Waals surface area contributed by atoms with Crippen LogP contribution in [0.5, 0.6) is 0 Å².